The van der Waals surface area contributed by atoms with Crippen molar-refractivity contribution < 1.29 is 18.0 Å². The van der Waals surface area contributed by atoms with Gasteiger partial charge in [0.05, 0.1) is 12.2 Å². The Kier molecular flexibility index (Phi) is 7.62. The van der Waals surface area contributed by atoms with Gasteiger partial charge in [-0.1, -0.05) is 41.6 Å². The second-order valence-electron chi connectivity index (χ2n) is 7.52. The monoisotopic (exact) mass is 517 g/mol. The van der Waals surface area contributed by atoms with Crippen LogP contribution >= 0.6 is 23.4 Å². The van der Waals surface area contributed by atoms with Crippen LogP contribution in [0.2, 0.25) is 5.02 Å². The molecule has 0 spiro atoms. The van der Waals surface area contributed by atoms with E-state index in [-0.39, 0.29) is 18.0 Å². The van der Waals surface area contributed by atoms with Crippen LogP contribution in [0.15, 0.2) is 65.8 Å². The second-order valence-corrected chi connectivity index (χ2v) is 8.90. The first kappa shape index (κ1) is 24.6. The van der Waals surface area contributed by atoms with Crippen LogP contribution in [-0.4, -0.2) is 20.8 Å². The molecular formula is C24H19ClF3N5OS. The summed E-state index contributed by atoms with van der Waals surface area (Å²) in [6.07, 6.45) is 0. The average molecular weight is 518 g/mol. The Balaban J connectivity index is 1.55. The minimum atomic E-state index is -1.07. The highest BCUT2D eigenvalue weighted by Crippen LogP contribution is 2.28. The molecule has 1 heterocycles. The molecule has 0 bridgehead atoms. The van der Waals surface area contributed by atoms with E-state index in [1.54, 1.807) is 28.8 Å². The summed E-state index contributed by atoms with van der Waals surface area (Å²) in [6, 6.07) is 14.0. The topological polar surface area (TPSA) is 71.8 Å². The Morgan fingerprint density at radius 2 is 1.77 bits per heavy atom. The summed E-state index contributed by atoms with van der Waals surface area (Å²) in [7, 11) is 0. The number of nitrogens with one attached hydrogen (secondary N) is 2. The van der Waals surface area contributed by atoms with Crippen molar-refractivity contribution in [3.8, 4) is 5.69 Å². The Labute approximate surface area is 208 Å². The number of urea groups is 1. The molecule has 0 radical (unpaired) electrons. The maximum Gasteiger partial charge on any atom is 0.319 e. The van der Waals surface area contributed by atoms with E-state index in [1.807, 2.05) is 13.0 Å². The fourth-order valence-corrected chi connectivity index (χ4v) is 4.30. The molecule has 2 N–H and O–H groups in total. The van der Waals surface area contributed by atoms with Crippen molar-refractivity contribution in [3.63, 3.8) is 0 Å². The van der Waals surface area contributed by atoms with Gasteiger partial charge >= 0.3 is 6.03 Å². The number of thioether (sulfide) groups is 1. The molecule has 4 rings (SSSR count). The predicted octanol–water partition coefficient (Wildman–Crippen LogP) is 6.26. The number of carbonyl (C=O) groups excluding carboxylic acids is 1. The van der Waals surface area contributed by atoms with Crippen LogP contribution in [0.1, 0.15) is 17.0 Å². The number of anilines is 1. The first-order chi connectivity index (χ1) is 16.8. The highest BCUT2D eigenvalue weighted by atomic mass is 35.5. The number of rotatable bonds is 7. The van der Waals surface area contributed by atoms with Gasteiger partial charge < -0.3 is 10.6 Å². The molecule has 0 unspecified atom stereocenters. The third-order valence-electron chi connectivity index (χ3n) is 4.98. The number of carbonyl (C=O) groups is 1. The Bertz CT molecular complexity index is 1360. The molecule has 0 saturated carbocycles. The van der Waals surface area contributed by atoms with Crippen LogP contribution in [-0.2, 0) is 12.3 Å². The van der Waals surface area contributed by atoms with Crippen molar-refractivity contribution >= 4 is 35.1 Å². The normalized spacial score (nSPS) is 10.9. The Morgan fingerprint density at radius 1 is 1.00 bits per heavy atom. The number of hydrogen-bond donors (Lipinski definition) is 2. The van der Waals surface area contributed by atoms with Crippen molar-refractivity contribution in [3.05, 3.63) is 100 Å². The number of aromatic nitrogens is 3. The first-order valence-corrected chi connectivity index (χ1v) is 11.7. The summed E-state index contributed by atoms with van der Waals surface area (Å²) in [5.41, 5.74) is 2.65. The molecule has 0 atom stereocenters. The highest BCUT2D eigenvalue weighted by molar-refractivity contribution is 7.98. The SMILES string of the molecule is Cc1ccc(Cl)cc1-n1c(CNC(=O)Nc2ccc(F)c(F)c2)nnc1SCc1ccc(F)cc1. The lowest BCUT2D eigenvalue weighted by Crippen LogP contribution is -2.29. The van der Waals surface area contributed by atoms with Gasteiger partial charge in [0.15, 0.2) is 22.6 Å². The smallest absolute Gasteiger partial charge is 0.319 e. The van der Waals surface area contributed by atoms with Gasteiger partial charge in [-0.3, -0.25) is 4.57 Å². The van der Waals surface area contributed by atoms with E-state index in [4.69, 9.17) is 11.6 Å². The van der Waals surface area contributed by atoms with Gasteiger partial charge in [-0.25, -0.2) is 18.0 Å². The molecule has 0 fully saturated rings. The summed E-state index contributed by atoms with van der Waals surface area (Å²) < 4.78 is 41.5. The lowest BCUT2D eigenvalue weighted by atomic mass is 10.2. The van der Waals surface area contributed by atoms with Gasteiger partial charge in [-0.15, -0.1) is 10.2 Å². The summed E-state index contributed by atoms with van der Waals surface area (Å²) in [4.78, 5) is 12.3. The molecular weight excluding hydrogens is 499 g/mol. The number of amides is 2. The van der Waals surface area contributed by atoms with E-state index in [9.17, 15) is 18.0 Å². The van der Waals surface area contributed by atoms with Gasteiger partial charge in [0.1, 0.15) is 5.82 Å². The van der Waals surface area contributed by atoms with Gasteiger partial charge in [-0.05, 0) is 54.4 Å². The zero-order valence-electron chi connectivity index (χ0n) is 18.4. The maximum absolute atomic E-state index is 13.4. The summed E-state index contributed by atoms with van der Waals surface area (Å²) in [6.45, 7) is 1.90. The lowest BCUT2D eigenvalue weighted by Gasteiger charge is -2.14. The van der Waals surface area contributed by atoms with Gasteiger partial charge in [0.2, 0.25) is 0 Å². The zero-order chi connectivity index (χ0) is 24.9. The van der Waals surface area contributed by atoms with Gasteiger partial charge in [0, 0.05) is 22.5 Å². The van der Waals surface area contributed by atoms with E-state index in [1.165, 1.54) is 30.0 Å². The second kappa shape index (κ2) is 10.8. The molecule has 180 valence electrons. The molecule has 35 heavy (non-hydrogen) atoms. The van der Waals surface area contributed by atoms with Crippen LogP contribution in [0.3, 0.4) is 0 Å². The minimum Gasteiger partial charge on any atom is -0.331 e. The molecule has 1 aromatic heterocycles. The fraction of sp³-hybridized carbons (Fsp3) is 0.125. The average Bonchev–Trinajstić information content (AvgIpc) is 3.24. The molecule has 0 saturated heterocycles. The molecule has 2 amide bonds. The third-order valence-corrected chi connectivity index (χ3v) is 6.21. The molecule has 0 aliphatic carbocycles. The van der Waals surface area contributed by atoms with Crippen molar-refractivity contribution in [2.75, 3.05) is 5.32 Å². The number of halogens is 4. The molecule has 0 aliphatic heterocycles. The third kappa shape index (κ3) is 6.14. The van der Waals surface area contributed by atoms with Crippen molar-refractivity contribution in [2.24, 2.45) is 0 Å². The van der Waals surface area contributed by atoms with Crippen molar-refractivity contribution in [2.45, 2.75) is 24.4 Å². The number of nitrogens with zero attached hydrogens (tertiary/aromatic N) is 3. The van der Waals surface area contributed by atoms with Crippen LogP contribution < -0.4 is 10.6 Å². The molecule has 0 aliphatic rings. The quantitative estimate of drug-likeness (QED) is 0.284. The van der Waals surface area contributed by atoms with Crippen molar-refractivity contribution in [1.29, 1.82) is 0 Å². The summed E-state index contributed by atoms with van der Waals surface area (Å²) in [5, 5.41) is 14.7. The van der Waals surface area contributed by atoms with Crippen LogP contribution in [0, 0.1) is 24.4 Å². The Hall–Kier alpha value is -3.50. The van der Waals surface area contributed by atoms with E-state index < -0.39 is 17.7 Å². The zero-order valence-corrected chi connectivity index (χ0v) is 19.9. The van der Waals surface area contributed by atoms with E-state index >= 15 is 0 Å². The molecule has 4 aromatic rings. The number of benzene rings is 3. The summed E-state index contributed by atoms with van der Waals surface area (Å²) in [5.74, 6) is -1.44. The van der Waals surface area contributed by atoms with Gasteiger partial charge in [-0.2, -0.15) is 0 Å². The van der Waals surface area contributed by atoms with Crippen LogP contribution in [0.25, 0.3) is 5.69 Å². The van der Waals surface area contributed by atoms with E-state index in [0.29, 0.717) is 21.8 Å². The highest BCUT2D eigenvalue weighted by Gasteiger charge is 2.18. The predicted molar refractivity (Wildman–Crippen MR) is 129 cm³/mol. The van der Waals surface area contributed by atoms with Crippen LogP contribution in [0.4, 0.5) is 23.7 Å². The maximum atomic E-state index is 13.4. The van der Waals surface area contributed by atoms with E-state index in [2.05, 4.69) is 20.8 Å². The molecule has 11 heteroatoms. The fourth-order valence-electron chi connectivity index (χ4n) is 3.21. The van der Waals surface area contributed by atoms with E-state index in [0.717, 1.165) is 28.9 Å². The minimum absolute atomic E-state index is 0.00836. The standard InChI is InChI=1S/C24H19ClF3N5OS/c1-14-2-5-16(25)10-21(14)33-22(12-29-23(34)30-18-8-9-19(27)20(28)11-18)31-32-24(33)35-13-15-3-6-17(26)7-4-15/h2-11H,12-13H2,1H3,(H2,29,30,34). The number of hydrogen-bond acceptors (Lipinski definition) is 4. The molecule has 6 nitrogen and oxygen atoms in total. The van der Waals surface area contributed by atoms with Crippen molar-refractivity contribution in [1.82, 2.24) is 20.1 Å². The number of aryl methyl sites for hydroxylation is 1. The summed E-state index contributed by atoms with van der Waals surface area (Å²) >= 11 is 7.63. The first-order valence-electron chi connectivity index (χ1n) is 10.4. The largest absolute Gasteiger partial charge is 0.331 e. The Morgan fingerprint density at radius 3 is 2.51 bits per heavy atom. The molecule has 3 aromatic carbocycles. The lowest BCUT2D eigenvalue weighted by molar-refractivity contribution is 0.251. The van der Waals surface area contributed by atoms with Crippen LogP contribution in [0.5, 0.6) is 0 Å². The van der Waals surface area contributed by atoms with Gasteiger partial charge in [0.25, 0.3) is 0 Å².